The number of halogens is 12. The SMILES string of the molecule is CCOC(=O)c1ccc(-c2c(F)ccc([N+](=O)[O-])c2F)cc1.CCOC(=O)c1ccc(I)cc1.O=C(c1ccccc1)c1c(F)ccc([N+](=O)[O-])c1F.O=[N+]([O-])c1ccc(F)[c-]c1F.O=[N+]([O-])c1ccc(F)c(I)c1F.O=[N+]([O-])c1ccc(F)cc1F.[CH3-].[Zn+2]. The maximum atomic E-state index is 14.1. The van der Waals surface area contributed by atoms with Gasteiger partial charge in [-0.15, -0.1) is 12.1 Å². The van der Waals surface area contributed by atoms with Gasteiger partial charge in [0.2, 0.25) is 23.3 Å². The smallest absolute Gasteiger partial charge is 0.462 e. The van der Waals surface area contributed by atoms with Crippen molar-refractivity contribution in [2.75, 3.05) is 13.2 Å². The van der Waals surface area contributed by atoms with Crippen LogP contribution in [0.4, 0.5) is 72.3 Å². The predicted molar refractivity (Wildman–Crippen MR) is 309 cm³/mol. The van der Waals surface area contributed by atoms with E-state index in [1.54, 1.807) is 38.1 Å². The molecule has 33 heteroatoms. The molecule has 20 nitrogen and oxygen atoms in total. The van der Waals surface area contributed by atoms with Crippen LogP contribution in [0.25, 0.3) is 11.1 Å². The van der Waals surface area contributed by atoms with E-state index in [9.17, 15) is 109 Å². The average molecular weight is 1530 g/mol. The van der Waals surface area contributed by atoms with E-state index in [0.29, 0.717) is 30.4 Å². The molecule has 8 aromatic rings. The zero-order valence-electron chi connectivity index (χ0n) is 45.4. The van der Waals surface area contributed by atoms with E-state index >= 15 is 0 Å². The molecule has 0 atom stereocenters. The molecule has 0 radical (unpaired) electrons. The summed E-state index contributed by atoms with van der Waals surface area (Å²) < 4.78 is 140. The van der Waals surface area contributed by atoms with Crippen LogP contribution in [-0.2, 0) is 29.0 Å². The Hall–Kier alpha value is -9.25. The first-order valence-corrected chi connectivity index (χ1v) is 25.6. The van der Waals surface area contributed by atoms with Gasteiger partial charge in [0.05, 0.1) is 59.0 Å². The fourth-order valence-corrected chi connectivity index (χ4v) is 7.04. The Kier molecular flexibility index (Phi) is 32.7. The minimum Gasteiger partial charge on any atom is -0.462 e. The molecule has 0 amide bonds. The molecule has 0 fully saturated rings. The number of nitro groups is 5. The van der Waals surface area contributed by atoms with E-state index in [4.69, 9.17) is 9.47 Å². The molecular formula is C56H37F10I2N5O15Zn. The summed E-state index contributed by atoms with van der Waals surface area (Å²) >= 11 is 3.56. The van der Waals surface area contributed by atoms with Gasteiger partial charge in [-0.1, -0.05) is 48.5 Å². The van der Waals surface area contributed by atoms with Crippen molar-refractivity contribution in [2.45, 2.75) is 13.8 Å². The summed E-state index contributed by atoms with van der Waals surface area (Å²) in [5.74, 6) is -12.6. The number of hydrogen-bond acceptors (Lipinski definition) is 15. The van der Waals surface area contributed by atoms with Crippen molar-refractivity contribution in [1.82, 2.24) is 0 Å². The van der Waals surface area contributed by atoms with Crippen LogP contribution in [0.5, 0.6) is 0 Å². The number of rotatable bonds is 12. The van der Waals surface area contributed by atoms with Gasteiger partial charge in [0.25, 0.3) is 0 Å². The second-order valence-corrected chi connectivity index (χ2v) is 18.1. The molecule has 0 unspecified atom stereocenters. The Bertz CT molecular complexity index is 3790. The van der Waals surface area contributed by atoms with Crippen molar-refractivity contribution < 1.29 is 112 Å². The van der Waals surface area contributed by atoms with E-state index < -0.39 is 134 Å². The van der Waals surface area contributed by atoms with E-state index in [1.807, 2.05) is 12.1 Å². The van der Waals surface area contributed by atoms with Crippen LogP contribution in [-0.4, -0.2) is 55.6 Å². The predicted octanol–water partition coefficient (Wildman–Crippen LogP) is 15.8. The molecule has 0 saturated carbocycles. The standard InChI is InChI=1S/C15H11F2NO4.C13H7F2NO3.C9H9IO2.C6H2F2INO2.C6H3F2NO2.C6H2F2NO2.CH3.Zn/c1-2-22-15(19)10-5-3-9(4-6-10)13-11(16)7-8-12(14(13)17)18(20)21;14-9-6-7-10(16(18)19)12(15)11(9)13(17)8-4-2-1-3-5-8;1-2-12-9(11)7-3-5-8(10)6-4-7;7-3-1-2-4(10(11)12)5(8)6(3)9;2*7-4-1-2-6(9(10)11)5(8)3-4;;/h3-8H,2H2,1H3;1-7H;3-6H,2H2,1H3;1-2H;1-3H;1-2H;1H3;/q;;;;;2*-1;+2. The minimum absolute atomic E-state index is 0. The van der Waals surface area contributed by atoms with Crippen LogP contribution in [0.15, 0.2) is 146 Å². The number of carbonyl (C=O) groups is 3. The van der Waals surface area contributed by atoms with Gasteiger partial charge >= 0.3 is 54.2 Å². The van der Waals surface area contributed by atoms with Crippen LogP contribution in [0, 0.1) is 129 Å². The number of esters is 2. The Labute approximate surface area is 535 Å². The third kappa shape index (κ3) is 23.1. The van der Waals surface area contributed by atoms with Crippen LogP contribution >= 0.6 is 45.2 Å². The van der Waals surface area contributed by atoms with E-state index in [2.05, 4.69) is 22.6 Å². The van der Waals surface area contributed by atoms with Crippen molar-refractivity contribution in [1.29, 1.82) is 0 Å². The second-order valence-electron chi connectivity index (χ2n) is 15.8. The number of ether oxygens (including phenoxy) is 2. The summed E-state index contributed by atoms with van der Waals surface area (Å²) in [5, 5.41) is 51.3. The third-order valence-electron chi connectivity index (χ3n) is 10.2. The van der Waals surface area contributed by atoms with Gasteiger partial charge in [-0.3, -0.25) is 55.4 Å². The van der Waals surface area contributed by atoms with Gasteiger partial charge in [-0.25, -0.2) is 35.9 Å². The van der Waals surface area contributed by atoms with Crippen molar-refractivity contribution in [2.24, 2.45) is 0 Å². The maximum Gasteiger partial charge on any atom is 2.00 e. The summed E-state index contributed by atoms with van der Waals surface area (Å²) in [4.78, 5) is 81.3. The molecular weight excluding hydrogens is 1490 g/mol. The van der Waals surface area contributed by atoms with Crippen molar-refractivity contribution in [3.8, 4) is 11.1 Å². The molecule has 0 N–H and O–H groups in total. The maximum absolute atomic E-state index is 14.1. The molecule has 0 aliphatic heterocycles. The monoisotopic (exact) mass is 1530 g/mol. The van der Waals surface area contributed by atoms with E-state index in [0.717, 1.165) is 52.1 Å². The van der Waals surface area contributed by atoms with Gasteiger partial charge in [-0.2, -0.15) is 17.6 Å². The molecule has 0 aliphatic rings. The van der Waals surface area contributed by atoms with Gasteiger partial charge in [0, 0.05) is 50.2 Å². The Morgan fingerprint density at radius 2 is 0.876 bits per heavy atom. The molecule has 8 rings (SSSR count). The quantitative estimate of drug-likeness (QED) is 0.0126. The largest absolute Gasteiger partial charge is 2.00 e. The van der Waals surface area contributed by atoms with Crippen LogP contribution in [0.2, 0.25) is 0 Å². The van der Waals surface area contributed by atoms with Gasteiger partial charge in [0.15, 0.2) is 11.5 Å². The first kappa shape index (κ1) is 77.8. The second kappa shape index (κ2) is 37.4. The van der Waals surface area contributed by atoms with E-state index in [-0.39, 0.29) is 59.7 Å². The van der Waals surface area contributed by atoms with Crippen molar-refractivity contribution >= 4 is 91.3 Å². The normalized spacial score (nSPS) is 9.73. The van der Waals surface area contributed by atoms with Crippen molar-refractivity contribution in [3.63, 3.8) is 0 Å². The number of carbonyl (C=O) groups excluding carboxylic acids is 3. The topological polar surface area (TPSA) is 285 Å². The molecule has 462 valence electrons. The number of nitro benzene ring substituents is 5. The molecule has 8 aromatic carbocycles. The first-order valence-electron chi connectivity index (χ1n) is 23.4. The van der Waals surface area contributed by atoms with Gasteiger partial charge < -0.3 is 16.9 Å². The zero-order valence-corrected chi connectivity index (χ0v) is 52.7. The Balaban J connectivity index is 0.000000544. The van der Waals surface area contributed by atoms with Crippen molar-refractivity contribution in [3.05, 3.63) is 297 Å². The molecule has 0 bridgehead atoms. The summed E-state index contributed by atoms with van der Waals surface area (Å²) in [6.45, 7) is 4.07. The molecule has 89 heavy (non-hydrogen) atoms. The first-order chi connectivity index (χ1) is 41.0. The van der Waals surface area contributed by atoms with Crippen LogP contribution in [0.1, 0.15) is 50.5 Å². The molecule has 0 saturated heterocycles. The fraction of sp³-hybridized carbons (Fsp3) is 0.0714. The molecule has 0 spiro atoms. The number of benzene rings is 8. The van der Waals surface area contributed by atoms with E-state index in [1.165, 1.54) is 71.1 Å². The minimum atomic E-state index is -1.46. The zero-order chi connectivity index (χ0) is 65.4. The van der Waals surface area contributed by atoms with Gasteiger partial charge in [0.1, 0.15) is 28.8 Å². The average Bonchev–Trinajstić information content (AvgIpc) is 1.61. The van der Waals surface area contributed by atoms with Crippen LogP contribution < -0.4 is 0 Å². The molecule has 0 heterocycles. The number of hydrogen-bond donors (Lipinski definition) is 0. The summed E-state index contributed by atoms with van der Waals surface area (Å²) in [7, 11) is 0. The van der Waals surface area contributed by atoms with Gasteiger partial charge in [-0.05, 0) is 125 Å². The number of ketones is 1. The number of nitrogens with zero attached hydrogens (tertiary/aromatic N) is 5. The Morgan fingerprint density at radius 1 is 0.461 bits per heavy atom. The summed E-state index contributed by atoms with van der Waals surface area (Å²) in [6.07, 6.45) is 0. The molecule has 0 aromatic heterocycles. The Morgan fingerprint density at radius 3 is 1.33 bits per heavy atom. The fourth-order valence-electron chi connectivity index (χ4n) is 6.22. The summed E-state index contributed by atoms with van der Waals surface area (Å²) in [5.41, 5.74) is -4.39. The molecule has 0 aliphatic carbocycles. The summed E-state index contributed by atoms with van der Waals surface area (Å²) in [6, 6.07) is 29.8. The third-order valence-corrected chi connectivity index (χ3v) is 11.9. The van der Waals surface area contributed by atoms with Crippen LogP contribution in [0.3, 0.4) is 0 Å².